The summed E-state index contributed by atoms with van der Waals surface area (Å²) >= 11 is 0. The van der Waals surface area contributed by atoms with Gasteiger partial charge in [0.2, 0.25) is 11.0 Å². The van der Waals surface area contributed by atoms with Gasteiger partial charge in [-0.1, -0.05) is 101 Å². The lowest BCUT2D eigenvalue weighted by molar-refractivity contribution is -0.520. The van der Waals surface area contributed by atoms with E-state index >= 15 is 0 Å². The third-order valence-electron chi connectivity index (χ3n) is 7.79. The topological polar surface area (TPSA) is 17.9 Å². The molecule has 0 amide bonds. The van der Waals surface area contributed by atoms with E-state index in [1.807, 2.05) is 0 Å². The molecule has 0 saturated carbocycles. The molecule has 4 aromatic rings. The van der Waals surface area contributed by atoms with Crippen molar-refractivity contribution in [2.24, 2.45) is 0 Å². The van der Waals surface area contributed by atoms with Gasteiger partial charge in [-0.2, -0.15) is 4.24 Å². The average molecular weight is 500 g/mol. The number of hydrogen-bond acceptors (Lipinski definition) is 1. The van der Waals surface area contributed by atoms with Crippen LogP contribution in [0.1, 0.15) is 79.1 Å². The highest BCUT2D eigenvalue weighted by Crippen LogP contribution is 2.36. The number of hydrogen-bond donors (Lipinski definition) is 1. The molecule has 1 atom stereocenters. The first-order valence-electron chi connectivity index (χ1n) is 13.8. The van der Waals surface area contributed by atoms with Crippen molar-refractivity contribution >= 4 is 11.8 Å². The van der Waals surface area contributed by atoms with Crippen molar-refractivity contribution in [3.05, 3.63) is 147 Å². The smallest absolute Gasteiger partial charge is 0.218 e. The van der Waals surface area contributed by atoms with Crippen LogP contribution >= 0.6 is 0 Å². The maximum absolute atomic E-state index is 4.62. The van der Waals surface area contributed by atoms with E-state index in [1.54, 1.807) is 0 Å². The van der Waals surface area contributed by atoms with Crippen molar-refractivity contribution in [1.82, 2.24) is 0 Å². The predicted molar refractivity (Wildman–Crippen MR) is 160 cm³/mol. The second-order valence-corrected chi connectivity index (χ2v) is 11.0. The van der Waals surface area contributed by atoms with Crippen LogP contribution in [0.25, 0.3) is 6.08 Å². The van der Waals surface area contributed by atoms with Crippen LogP contribution < -0.4 is 14.8 Å². The Morgan fingerprint density at radius 2 is 1.42 bits per heavy atom. The van der Waals surface area contributed by atoms with Gasteiger partial charge in [-0.3, -0.25) is 0 Å². The van der Waals surface area contributed by atoms with E-state index in [1.165, 1.54) is 43.9 Å². The van der Waals surface area contributed by atoms with Gasteiger partial charge in [0.1, 0.15) is 12.8 Å². The van der Waals surface area contributed by atoms with E-state index in [-0.39, 0.29) is 6.04 Å². The van der Waals surface area contributed by atoms with Gasteiger partial charge < -0.3 is 5.32 Å². The van der Waals surface area contributed by atoms with Crippen molar-refractivity contribution in [3.8, 4) is 0 Å². The number of nitrogens with zero attached hydrogens (tertiary/aromatic N) is 1. The second-order valence-electron chi connectivity index (χ2n) is 11.0. The van der Waals surface area contributed by atoms with E-state index in [9.17, 15) is 0 Å². The standard InChI is InChI=1S/C36H39N2/c1-24(2)28-19-12-20-29(25(3)4)35(28)37-36(30-17-9-7-14-26(30)5)34-23-13-22-33(38(34)6)32-21-11-16-27-15-8-10-18-31(27)32/h7-14,16-25,36-37H,6,15H2,1-5H3/q+1/b33-32+. The number of fused-ring (bicyclic) bond motifs is 1. The fraction of sp³-hybridized carbons (Fsp3) is 0.250. The van der Waals surface area contributed by atoms with Gasteiger partial charge in [0, 0.05) is 17.8 Å². The van der Waals surface area contributed by atoms with Gasteiger partial charge in [0.25, 0.3) is 0 Å². The van der Waals surface area contributed by atoms with Crippen molar-refractivity contribution in [1.29, 1.82) is 0 Å². The lowest BCUT2D eigenvalue weighted by Gasteiger charge is -2.26. The van der Waals surface area contributed by atoms with Crippen LogP contribution in [0.5, 0.6) is 0 Å². The van der Waals surface area contributed by atoms with Gasteiger partial charge in [0.15, 0.2) is 0 Å². The van der Waals surface area contributed by atoms with Crippen LogP contribution in [0.3, 0.4) is 0 Å². The first kappa shape index (κ1) is 25.7. The average Bonchev–Trinajstić information content (AvgIpc) is 2.92. The van der Waals surface area contributed by atoms with Gasteiger partial charge in [-0.05, 0) is 70.3 Å². The van der Waals surface area contributed by atoms with E-state index in [0.717, 1.165) is 17.5 Å². The summed E-state index contributed by atoms with van der Waals surface area (Å²) in [5, 5.41) is 7.68. The molecule has 38 heavy (non-hydrogen) atoms. The molecule has 1 N–H and O–H groups in total. The molecule has 0 fully saturated rings. The Bertz CT molecular complexity index is 1680. The van der Waals surface area contributed by atoms with Gasteiger partial charge in [-0.15, -0.1) is 0 Å². The summed E-state index contributed by atoms with van der Waals surface area (Å²) in [5.41, 5.74) is 8.95. The highest BCUT2D eigenvalue weighted by Gasteiger charge is 2.26. The van der Waals surface area contributed by atoms with Crippen LogP contribution in [-0.4, -0.2) is 0 Å². The van der Waals surface area contributed by atoms with Crippen LogP contribution in [0.4, 0.5) is 5.69 Å². The molecular weight excluding hydrogens is 460 g/mol. The number of pyridine rings is 1. The zero-order chi connectivity index (χ0) is 26.8. The molecule has 1 unspecified atom stereocenters. The van der Waals surface area contributed by atoms with Crippen LogP contribution in [0.15, 0.2) is 91.0 Å². The quantitative estimate of drug-likeness (QED) is 0.271. The summed E-state index contributed by atoms with van der Waals surface area (Å²) in [5.74, 6) is 0.817. The third kappa shape index (κ3) is 4.84. The summed E-state index contributed by atoms with van der Waals surface area (Å²) in [7, 11) is 0. The predicted octanol–water partition coefficient (Wildman–Crippen LogP) is 7.55. The minimum atomic E-state index is -0.0607. The van der Waals surface area contributed by atoms with Gasteiger partial charge in [-0.25, -0.2) is 0 Å². The minimum Gasteiger partial charge on any atom is -0.369 e. The Balaban J connectivity index is 1.80. The highest BCUT2D eigenvalue weighted by molar-refractivity contribution is 5.62. The molecule has 0 bridgehead atoms. The molecule has 1 heterocycles. The number of para-hydroxylation sites is 1. The Morgan fingerprint density at radius 3 is 2.13 bits per heavy atom. The molecule has 2 nitrogen and oxygen atoms in total. The van der Waals surface area contributed by atoms with Gasteiger partial charge in [0.05, 0.1) is 5.22 Å². The van der Waals surface area contributed by atoms with E-state index in [0.29, 0.717) is 11.8 Å². The summed E-state index contributed by atoms with van der Waals surface area (Å²) < 4.78 is 2.14. The number of aryl methyl sites for hydroxylation is 1. The summed E-state index contributed by atoms with van der Waals surface area (Å²) in [4.78, 5) is 0. The number of benzene rings is 3. The minimum absolute atomic E-state index is 0.0607. The maximum atomic E-state index is 4.62. The molecule has 0 radical (unpaired) electrons. The Kier molecular flexibility index (Phi) is 7.33. The normalized spacial score (nSPS) is 14.3. The molecule has 0 spiro atoms. The number of nitrogens with one attached hydrogen (secondary N) is 1. The Labute approximate surface area is 227 Å². The molecule has 2 heteroatoms. The van der Waals surface area contributed by atoms with Crippen molar-refractivity contribution < 1.29 is 4.24 Å². The molecular formula is C36H39N2+. The fourth-order valence-electron chi connectivity index (χ4n) is 5.70. The SMILES string of the molecule is C=[n+]1c(C(Nc2c(C(C)C)cccc2C(C)C)c2ccccc2C)ccc/c1=c1/cccc2c1=CC=CC2. The van der Waals surface area contributed by atoms with Crippen LogP contribution in [0.2, 0.25) is 0 Å². The molecule has 5 rings (SSSR count). The van der Waals surface area contributed by atoms with Crippen LogP contribution in [-0.2, 0) is 6.42 Å². The van der Waals surface area contributed by atoms with E-state index in [4.69, 9.17) is 0 Å². The number of aromatic nitrogens is 1. The Morgan fingerprint density at radius 1 is 0.763 bits per heavy atom. The van der Waals surface area contributed by atoms with Crippen molar-refractivity contribution in [3.63, 3.8) is 0 Å². The van der Waals surface area contributed by atoms with Crippen molar-refractivity contribution in [2.75, 3.05) is 5.32 Å². The highest BCUT2D eigenvalue weighted by atomic mass is 15.0. The molecule has 3 aromatic carbocycles. The number of anilines is 1. The summed E-state index contributed by atoms with van der Waals surface area (Å²) in [6.45, 7) is 15.9. The largest absolute Gasteiger partial charge is 0.369 e. The van der Waals surface area contributed by atoms with Crippen LogP contribution in [0, 0.1) is 24.2 Å². The molecule has 192 valence electrons. The summed E-state index contributed by atoms with van der Waals surface area (Å²) in [6, 6.07) is 28.6. The molecule has 1 aromatic heterocycles. The molecule has 0 aliphatic heterocycles. The lowest BCUT2D eigenvalue weighted by atomic mass is 9.90. The number of rotatable bonds is 6. The van der Waals surface area contributed by atoms with Gasteiger partial charge >= 0.3 is 0 Å². The Hall–Kier alpha value is -3.91. The zero-order valence-electron chi connectivity index (χ0n) is 23.3. The fourth-order valence-corrected chi connectivity index (χ4v) is 5.70. The first-order valence-corrected chi connectivity index (χ1v) is 13.8. The first-order chi connectivity index (χ1) is 18.4. The number of allylic oxidation sites excluding steroid dienone is 2. The molecule has 1 aliphatic rings. The van der Waals surface area contributed by atoms with E-state index < -0.39 is 0 Å². The summed E-state index contributed by atoms with van der Waals surface area (Å²) in [6.07, 6.45) is 7.58. The second kappa shape index (κ2) is 10.8. The molecule has 1 aliphatic carbocycles. The van der Waals surface area contributed by atoms with Crippen molar-refractivity contribution in [2.45, 2.75) is 58.9 Å². The third-order valence-corrected chi connectivity index (χ3v) is 7.79. The monoisotopic (exact) mass is 499 g/mol. The molecule has 0 saturated heterocycles. The lowest BCUT2D eigenvalue weighted by Crippen LogP contribution is -2.31. The zero-order valence-corrected chi connectivity index (χ0v) is 23.3. The van der Waals surface area contributed by atoms with E-state index in [2.05, 4.69) is 148 Å². The maximum Gasteiger partial charge on any atom is 0.218 e.